The van der Waals surface area contributed by atoms with Gasteiger partial charge in [0.15, 0.2) is 17.3 Å². The maximum Gasteiger partial charge on any atom is 0.330 e. The van der Waals surface area contributed by atoms with E-state index in [4.69, 9.17) is 14.2 Å². The highest BCUT2D eigenvalue weighted by molar-refractivity contribution is 5.87. The third kappa shape index (κ3) is 6.44. The predicted molar refractivity (Wildman–Crippen MR) is 148 cm³/mol. The van der Waals surface area contributed by atoms with Gasteiger partial charge in [-0.3, -0.25) is 0 Å². The van der Waals surface area contributed by atoms with Crippen molar-refractivity contribution >= 4 is 18.1 Å². The predicted octanol–water partition coefficient (Wildman–Crippen LogP) is 1.63. The molecule has 0 bridgehead atoms. The number of fused-ring (bicyclic) bond motifs is 1. The molecule has 3 aromatic carbocycles. The molecular formula is C30H29O13+. The number of aromatic hydroxyl groups is 6. The quantitative estimate of drug-likeness (QED) is 0.0843. The number of carbonyl (C=O) groups excluding carboxylic acids is 1. The summed E-state index contributed by atoms with van der Waals surface area (Å²) in [6.45, 7) is -0.523. The first-order valence-electron chi connectivity index (χ1n) is 13.0. The van der Waals surface area contributed by atoms with Crippen LogP contribution in [0.1, 0.15) is 22.8 Å². The Balaban J connectivity index is 1.35. The van der Waals surface area contributed by atoms with Crippen LogP contribution < -0.4 is 0 Å². The van der Waals surface area contributed by atoms with Crippen molar-refractivity contribution in [2.75, 3.05) is 6.61 Å². The van der Waals surface area contributed by atoms with Crippen LogP contribution in [-0.4, -0.2) is 88.9 Å². The van der Waals surface area contributed by atoms with Gasteiger partial charge in [0.25, 0.3) is 11.9 Å². The zero-order valence-electron chi connectivity index (χ0n) is 22.3. The van der Waals surface area contributed by atoms with Crippen LogP contribution in [0.4, 0.5) is 0 Å². The van der Waals surface area contributed by atoms with Crippen LogP contribution >= 0.6 is 0 Å². The van der Waals surface area contributed by atoms with Crippen molar-refractivity contribution in [1.82, 2.24) is 0 Å². The average Bonchev–Trinajstić information content (AvgIpc) is 2.98. The highest BCUT2D eigenvalue weighted by atomic mass is 16.7. The Morgan fingerprint density at radius 1 is 0.837 bits per heavy atom. The minimum absolute atomic E-state index is 0.0289. The third-order valence-corrected chi connectivity index (χ3v) is 6.88. The summed E-state index contributed by atoms with van der Waals surface area (Å²) in [4.78, 5) is 12.3. The van der Waals surface area contributed by atoms with Gasteiger partial charge in [-0.1, -0.05) is 12.1 Å². The zero-order chi connectivity index (χ0) is 30.8. The summed E-state index contributed by atoms with van der Waals surface area (Å²) >= 11 is 0. The molecule has 2 aliphatic heterocycles. The highest BCUT2D eigenvalue weighted by Gasteiger charge is 2.47. The topological polar surface area (TPSA) is 219 Å². The molecule has 43 heavy (non-hydrogen) atoms. The maximum absolute atomic E-state index is 12.3. The van der Waals surface area contributed by atoms with Gasteiger partial charge in [0.1, 0.15) is 53.8 Å². The molecule has 13 nitrogen and oxygen atoms in total. The Kier molecular flexibility index (Phi) is 8.32. The summed E-state index contributed by atoms with van der Waals surface area (Å²) in [6, 6.07) is 12.3. The van der Waals surface area contributed by atoms with Crippen molar-refractivity contribution in [2.24, 2.45) is 0 Å². The molecule has 0 spiro atoms. The Morgan fingerprint density at radius 3 is 2.30 bits per heavy atom. The highest BCUT2D eigenvalue weighted by Crippen LogP contribution is 2.46. The summed E-state index contributed by atoms with van der Waals surface area (Å²) in [5.41, 5.74) is 1.08. The summed E-state index contributed by atoms with van der Waals surface area (Å²) in [5.74, 6) is -2.02. The van der Waals surface area contributed by atoms with Crippen LogP contribution in [0.2, 0.25) is 0 Å². The summed E-state index contributed by atoms with van der Waals surface area (Å²) in [7, 11) is 0. The second kappa shape index (κ2) is 12.1. The number of aliphatic hydroxyl groups is 4. The van der Waals surface area contributed by atoms with Crippen LogP contribution in [-0.2, 0) is 19.0 Å². The van der Waals surface area contributed by atoms with Gasteiger partial charge >= 0.3 is 5.97 Å². The maximum atomic E-state index is 12.3. The lowest BCUT2D eigenvalue weighted by Crippen LogP contribution is -2.59. The van der Waals surface area contributed by atoms with Crippen molar-refractivity contribution in [3.63, 3.8) is 0 Å². The van der Waals surface area contributed by atoms with Gasteiger partial charge in [-0.05, 0) is 42.0 Å². The molecule has 0 amide bonds. The van der Waals surface area contributed by atoms with Gasteiger partial charge in [0, 0.05) is 18.2 Å². The van der Waals surface area contributed by atoms with Crippen LogP contribution in [0, 0.1) is 0 Å². The van der Waals surface area contributed by atoms with Crippen molar-refractivity contribution < 1.29 is 64.6 Å². The number of aliphatic hydroxyl groups excluding tert-OH is 3. The molecule has 0 aliphatic carbocycles. The summed E-state index contributed by atoms with van der Waals surface area (Å²) in [5, 5.41) is 81.2. The lowest BCUT2D eigenvalue weighted by Gasteiger charge is -2.40. The van der Waals surface area contributed by atoms with Gasteiger partial charge < -0.3 is 59.8 Å². The minimum Gasteiger partial charge on any atom is -0.571 e. The monoisotopic (exact) mass is 597 g/mol. The Labute approximate surface area is 244 Å². The van der Waals surface area contributed by atoms with E-state index >= 15 is 0 Å². The fourth-order valence-corrected chi connectivity index (χ4v) is 4.58. The molecule has 6 unspecified atom stereocenters. The smallest absolute Gasteiger partial charge is 0.330 e. The van der Waals surface area contributed by atoms with Crippen molar-refractivity contribution in [1.29, 1.82) is 0 Å². The lowest BCUT2D eigenvalue weighted by atomic mass is 9.98. The molecule has 2 aliphatic rings. The molecule has 0 aromatic heterocycles. The summed E-state index contributed by atoms with van der Waals surface area (Å²) < 4.78 is 21.3. The van der Waals surface area contributed by atoms with E-state index in [1.807, 2.05) is 0 Å². The van der Waals surface area contributed by atoms with Crippen LogP contribution in [0.15, 0.2) is 66.4 Å². The van der Waals surface area contributed by atoms with E-state index in [1.165, 1.54) is 48.6 Å². The second-order valence-electron chi connectivity index (χ2n) is 9.91. The van der Waals surface area contributed by atoms with Crippen LogP contribution in [0.5, 0.6) is 34.5 Å². The number of esters is 1. The first kappa shape index (κ1) is 29.5. The van der Waals surface area contributed by atoms with E-state index in [2.05, 4.69) is 4.74 Å². The van der Waals surface area contributed by atoms with E-state index in [9.17, 15) is 45.6 Å². The number of benzene rings is 3. The number of phenolic OH excluding ortho intramolecular Hbond substituents is 5. The lowest BCUT2D eigenvalue weighted by molar-refractivity contribution is -0.296. The molecule has 5 rings (SSSR count). The molecule has 1 saturated heterocycles. The van der Waals surface area contributed by atoms with Gasteiger partial charge in [-0.2, -0.15) is 0 Å². The molecule has 2 heterocycles. The standard InChI is InChI=1S/C30H28O13/c31-16-5-1-14(2-6-16)3-8-25(36)40-13-24-26(37)27(38)28(39)30(43-24)42-23-12-18-20(34)10-17(32)11-22(18)41-29(23)15-4-7-19(33)21(35)9-15/h1-12,24,26-35,37-39H,13H2/p+1. The van der Waals surface area contributed by atoms with Gasteiger partial charge in [-0.15, -0.1) is 0 Å². The zero-order valence-corrected chi connectivity index (χ0v) is 22.3. The molecule has 9 N–H and O–H groups in total. The molecule has 13 heteroatoms. The Bertz CT molecular complexity index is 1550. The molecule has 1 fully saturated rings. The third-order valence-electron chi connectivity index (χ3n) is 6.88. The SMILES string of the molecule is O=C(C=Cc1ccc(O)cc1)OCC1OC(OC2=Cc3c(O)cc(O)cc3[OH+]C2c2ccc(O)c(O)c2)C(O)C(O)C1O. The van der Waals surface area contributed by atoms with Crippen LogP contribution in [0.25, 0.3) is 12.2 Å². The number of rotatable bonds is 7. The number of hydrogen-bond donors (Lipinski definition) is 8. The van der Waals surface area contributed by atoms with E-state index in [-0.39, 0.29) is 40.1 Å². The second-order valence-corrected chi connectivity index (χ2v) is 9.91. The van der Waals surface area contributed by atoms with Gasteiger partial charge in [-0.25, -0.2) is 4.79 Å². The van der Waals surface area contributed by atoms with E-state index in [0.717, 1.165) is 12.1 Å². The average molecular weight is 598 g/mol. The molecular weight excluding hydrogens is 568 g/mol. The van der Waals surface area contributed by atoms with Crippen molar-refractivity contribution in [3.8, 4) is 34.5 Å². The number of hydrogen-bond acceptors (Lipinski definition) is 12. The molecule has 6 atom stereocenters. The largest absolute Gasteiger partial charge is 0.571 e. The first-order valence-corrected chi connectivity index (χ1v) is 13.0. The van der Waals surface area contributed by atoms with Gasteiger partial charge in [0.05, 0.1) is 11.6 Å². The molecule has 3 aromatic rings. The normalized spacial score (nSPS) is 25.0. The molecule has 0 radical (unpaired) electrons. The Morgan fingerprint density at radius 2 is 1.58 bits per heavy atom. The van der Waals surface area contributed by atoms with Crippen molar-refractivity contribution in [2.45, 2.75) is 36.8 Å². The Hall–Kier alpha value is -4.95. The fourth-order valence-electron chi connectivity index (χ4n) is 4.58. The fraction of sp³-hybridized carbons (Fsp3) is 0.233. The minimum atomic E-state index is -1.78. The summed E-state index contributed by atoms with van der Waals surface area (Å²) in [6.07, 6.45) is -5.28. The van der Waals surface area contributed by atoms with Crippen LogP contribution in [0.3, 0.4) is 0 Å². The van der Waals surface area contributed by atoms with E-state index in [0.29, 0.717) is 11.1 Å². The van der Waals surface area contributed by atoms with Gasteiger partial charge in [0.2, 0.25) is 6.29 Å². The number of ether oxygens (including phenoxy) is 4. The van der Waals surface area contributed by atoms with Crippen molar-refractivity contribution in [3.05, 3.63) is 83.1 Å². The molecule has 0 saturated carbocycles. The number of phenols is 5. The first-order chi connectivity index (χ1) is 20.5. The molecule has 226 valence electrons. The van der Waals surface area contributed by atoms with E-state index < -0.39 is 55.1 Å². The number of carbonyl (C=O) groups is 1. The van der Waals surface area contributed by atoms with E-state index in [1.54, 1.807) is 12.1 Å².